The Morgan fingerprint density at radius 3 is 2.88 bits per heavy atom. The first-order chi connectivity index (χ1) is 8.22. The van der Waals surface area contributed by atoms with Crippen molar-refractivity contribution in [1.82, 2.24) is 10.2 Å². The van der Waals surface area contributed by atoms with Crippen molar-refractivity contribution in [3.63, 3.8) is 0 Å². The largest absolute Gasteiger partial charge is 0.284 e. The zero-order valence-corrected chi connectivity index (χ0v) is 11.8. The fourth-order valence-corrected chi connectivity index (χ4v) is 3.65. The number of amides is 1. The van der Waals surface area contributed by atoms with E-state index in [1.54, 1.807) is 23.6 Å². The molecule has 0 bridgehead atoms. The van der Waals surface area contributed by atoms with E-state index in [0.29, 0.717) is 6.04 Å². The van der Waals surface area contributed by atoms with E-state index in [9.17, 15) is 4.79 Å². The van der Waals surface area contributed by atoms with Crippen LogP contribution in [-0.2, 0) is 4.79 Å². The average Bonchev–Trinajstić information content (AvgIpc) is 2.99. The van der Waals surface area contributed by atoms with Gasteiger partial charge >= 0.3 is 0 Å². The van der Waals surface area contributed by atoms with Crippen LogP contribution in [0.4, 0.5) is 5.13 Å². The van der Waals surface area contributed by atoms with Crippen LogP contribution in [0.15, 0.2) is 4.34 Å². The highest BCUT2D eigenvalue weighted by atomic mass is 32.2. The van der Waals surface area contributed by atoms with Crippen LogP contribution in [-0.4, -0.2) is 27.9 Å². The van der Waals surface area contributed by atoms with Crippen LogP contribution in [0, 0.1) is 0 Å². The maximum absolute atomic E-state index is 11.6. The summed E-state index contributed by atoms with van der Waals surface area (Å²) in [5, 5.41) is 9.03. The first-order valence-electron chi connectivity index (χ1n) is 5.98. The van der Waals surface area contributed by atoms with Crippen molar-refractivity contribution in [2.75, 3.05) is 10.7 Å². The molecule has 1 aliphatic rings. The summed E-state index contributed by atoms with van der Waals surface area (Å²) in [6.07, 6.45) is 4.58. The monoisotopic (exact) mass is 271 g/mol. The summed E-state index contributed by atoms with van der Waals surface area (Å²) in [4.78, 5) is 13.3. The Morgan fingerprint density at radius 2 is 2.29 bits per heavy atom. The zero-order chi connectivity index (χ0) is 12.3. The molecular weight excluding hydrogens is 254 g/mol. The Balaban J connectivity index is 1.98. The molecule has 1 aliphatic carbocycles. The van der Waals surface area contributed by atoms with E-state index in [1.807, 2.05) is 0 Å². The predicted molar refractivity (Wildman–Crippen MR) is 71.7 cm³/mol. The summed E-state index contributed by atoms with van der Waals surface area (Å²) >= 11 is 3.27. The summed E-state index contributed by atoms with van der Waals surface area (Å²) in [6, 6.07) is 0.369. The molecule has 0 aliphatic heterocycles. The summed E-state index contributed by atoms with van der Waals surface area (Å²) in [5.41, 5.74) is 0. The molecule has 94 valence electrons. The number of hydrogen-bond acceptors (Lipinski definition) is 5. The van der Waals surface area contributed by atoms with Gasteiger partial charge < -0.3 is 0 Å². The van der Waals surface area contributed by atoms with Gasteiger partial charge in [-0.2, -0.15) is 0 Å². The first-order valence-corrected chi connectivity index (χ1v) is 7.78. The van der Waals surface area contributed by atoms with Crippen molar-refractivity contribution in [2.24, 2.45) is 0 Å². The van der Waals surface area contributed by atoms with Crippen molar-refractivity contribution in [3.8, 4) is 0 Å². The normalized spacial score (nSPS) is 14.9. The number of carbonyl (C=O) groups excluding carboxylic acids is 1. The van der Waals surface area contributed by atoms with E-state index in [2.05, 4.69) is 17.1 Å². The van der Waals surface area contributed by atoms with E-state index in [1.165, 1.54) is 24.2 Å². The Labute approximate surface area is 110 Å². The summed E-state index contributed by atoms with van der Waals surface area (Å²) in [6.45, 7) is 3.78. The highest BCUT2D eigenvalue weighted by Gasteiger charge is 2.34. The van der Waals surface area contributed by atoms with Gasteiger partial charge in [-0.25, -0.2) is 0 Å². The van der Waals surface area contributed by atoms with Crippen molar-refractivity contribution in [1.29, 1.82) is 0 Å². The maximum Gasteiger partial charge on any atom is 0.225 e. The highest BCUT2D eigenvalue weighted by Crippen LogP contribution is 2.35. The quantitative estimate of drug-likeness (QED) is 0.453. The second-order valence-corrected chi connectivity index (χ2v) is 6.47. The Bertz CT molecular complexity index is 390. The molecule has 1 amide bonds. The molecule has 0 N–H and O–H groups in total. The molecule has 1 heterocycles. The van der Waals surface area contributed by atoms with Gasteiger partial charge in [0.05, 0.1) is 0 Å². The van der Waals surface area contributed by atoms with Crippen LogP contribution in [0.25, 0.3) is 0 Å². The highest BCUT2D eigenvalue weighted by molar-refractivity contribution is 8.01. The number of anilines is 1. The third-order valence-electron chi connectivity index (χ3n) is 2.58. The lowest BCUT2D eigenvalue weighted by Crippen LogP contribution is -2.30. The van der Waals surface area contributed by atoms with Crippen molar-refractivity contribution >= 4 is 34.1 Å². The molecule has 0 unspecified atom stereocenters. The van der Waals surface area contributed by atoms with Gasteiger partial charge in [0.25, 0.3) is 0 Å². The molecule has 1 saturated carbocycles. The number of thioether (sulfide) groups is 1. The van der Waals surface area contributed by atoms with E-state index >= 15 is 0 Å². The van der Waals surface area contributed by atoms with Crippen molar-refractivity contribution < 1.29 is 4.79 Å². The molecule has 6 heteroatoms. The molecular formula is C11H17N3OS2. The van der Waals surface area contributed by atoms with Gasteiger partial charge in [-0.3, -0.25) is 9.69 Å². The smallest absolute Gasteiger partial charge is 0.225 e. The van der Waals surface area contributed by atoms with Gasteiger partial charge in [-0.1, -0.05) is 36.4 Å². The number of unbranched alkanes of at least 4 members (excludes halogenated alkanes) is 1. The molecule has 0 aromatic carbocycles. The molecule has 0 radical (unpaired) electrons. The van der Waals surface area contributed by atoms with Gasteiger partial charge in [0, 0.05) is 18.7 Å². The second-order valence-electron chi connectivity index (χ2n) is 4.17. The minimum Gasteiger partial charge on any atom is -0.284 e. The Kier molecular flexibility index (Phi) is 4.39. The number of carbonyl (C=O) groups is 1. The molecule has 0 spiro atoms. The van der Waals surface area contributed by atoms with Gasteiger partial charge in [-0.05, 0) is 19.3 Å². The molecule has 1 aromatic rings. The minimum absolute atomic E-state index is 0.0776. The SMILES string of the molecule is CCCCSc1nnc(N(C(C)=O)C2CC2)s1. The third-order valence-corrected chi connectivity index (χ3v) is 4.72. The van der Waals surface area contributed by atoms with Crippen LogP contribution in [0.1, 0.15) is 39.5 Å². The molecule has 0 saturated heterocycles. The Hall–Kier alpha value is -0.620. The van der Waals surface area contributed by atoms with Crippen molar-refractivity contribution in [3.05, 3.63) is 0 Å². The van der Waals surface area contributed by atoms with Crippen LogP contribution in [0.5, 0.6) is 0 Å². The lowest BCUT2D eigenvalue weighted by atomic mass is 10.4. The van der Waals surface area contributed by atoms with Crippen LogP contribution < -0.4 is 4.90 Å². The molecule has 1 fully saturated rings. The second kappa shape index (κ2) is 5.82. The molecule has 2 rings (SSSR count). The fourth-order valence-electron chi connectivity index (χ4n) is 1.54. The standard InChI is InChI=1S/C11H17N3OS2/c1-3-4-7-16-11-13-12-10(17-11)14(8(2)15)9-5-6-9/h9H,3-7H2,1-2H3. The van der Waals surface area contributed by atoms with Crippen LogP contribution in [0.3, 0.4) is 0 Å². The molecule has 4 nitrogen and oxygen atoms in total. The van der Waals surface area contributed by atoms with E-state index in [0.717, 1.165) is 28.1 Å². The lowest BCUT2D eigenvalue weighted by molar-refractivity contribution is -0.116. The average molecular weight is 271 g/mol. The number of rotatable bonds is 6. The van der Waals surface area contributed by atoms with Crippen molar-refractivity contribution in [2.45, 2.75) is 49.9 Å². The number of nitrogens with zero attached hydrogens (tertiary/aromatic N) is 3. The predicted octanol–water partition coefficient (Wildman–Crippen LogP) is 2.95. The van der Waals surface area contributed by atoms with E-state index in [4.69, 9.17) is 0 Å². The molecule has 17 heavy (non-hydrogen) atoms. The van der Waals surface area contributed by atoms with Crippen LogP contribution >= 0.6 is 23.1 Å². The number of aromatic nitrogens is 2. The topological polar surface area (TPSA) is 46.1 Å². The van der Waals surface area contributed by atoms with Gasteiger partial charge in [-0.15, -0.1) is 10.2 Å². The maximum atomic E-state index is 11.6. The summed E-state index contributed by atoms with van der Waals surface area (Å²) in [7, 11) is 0. The molecule has 1 aromatic heterocycles. The van der Waals surface area contributed by atoms with E-state index in [-0.39, 0.29) is 5.91 Å². The van der Waals surface area contributed by atoms with Crippen LogP contribution in [0.2, 0.25) is 0 Å². The molecule has 0 atom stereocenters. The summed E-state index contributed by atoms with van der Waals surface area (Å²) < 4.78 is 0.973. The fraction of sp³-hybridized carbons (Fsp3) is 0.727. The minimum atomic E-state index is 0.0776. The van der Waals surface area contributed by atoms with Gasteiger partial charge in [0.1, 0.15) is 0 Å². The lowest BCUT2D eigenvalue weighted by Gasteiger charge is -2.15. The number of hydrogen-bond donors (Lipinski definition) is 0. The summed E-state index contributed by atoms with van der Waals surface area (Å²) in [5.74, 6) is 1.16. The van der Waals surface area contributed by atoms with Gasteiger partial charge in [0.2, 0.25) is 11.0 Å². The van der Waals surface area contributed by atoms with Gasteiger partial charge in [0.15, 0.2) is 4.34 Å². The zero-order valence-electron chi connectivity index (χ0n) is 10.2. The third kappa shape index (κ3) is 3.42. The first kappa shape index (κ1) is 12.8. The van der Waals surface area contributed by atoms with E-state index < -0.39 is 0 Å². The Morgan fingerprint density at radius 1 is 1.53 bits per heavy atom.